The molecule has 2 aromatic carbocycles. The average molecular weight is 523 g/mol. The van der Waals surface area contributed by atoms with Crippen molar-refractivity contribution in [2.45, 2.75) is 65.6 Å². The van der Waals surface area contributed by atoms with Crippen molar-refractivity contribution < 1.29 is 23.9 Å². The van der Waals surface area contributed by atoms with Gasteiger partial charge in [0, 0.05) is 12.2 Å². The summed E-state index contributed by atoms with van der Waals surface area (Å²) in [4.78, 5) is 53.3. The highest BCUT2D eigenvalue weighted by molar-refractivity contribution is 6.00. The average Bonchev–Trinajstić information content (AvgIpc) is 2.80. The zero-order valence-electron chi connectivity index (χ0n) is 23.0. The first-order valence-electron chi connectivity index (χ1n) is 12.4. The zero-order chi connectivity index (χ0) is 28.6. The van der Waals surface area contributed by atoms with Crippen molar-refractivity contribution >= 4 is 29.5 Å². The number of nitrogens with two attached hydrogens (primary N) is 1. The van der Waals surface area contributed by atoms with E-state index in [-0.39, 0.29) is 6.54 Å². The van der Waals surface area contributed by atoms with Gasteiger partial charge in [0.15, 0.2) is 0 Å². The number of rotatable bonds is 10. The Morgan fingerprint density at radius 3 is 2.24 bits per heavy atom. The van der Waals surface area contributed by atoms with Gasteiger partial charge in [-0.05, 0) is 69.9 Å². The van der Waals surface area contributed by atoms with Crippen LogP contribution in [0.15, 0.2) is 55.1 Å². The van der Waals surface area contributed by atoms with E-state index in [0.717, 1.165) is 16.7 Å². The van der Waals surface area contributed by atoms with Crippen LogP contribution in [-0.2, 0) is 19.1 Å². The zero-order valence-corrected chi connectivity index (χ0v) is 23.0. The molecule has 4 amide bonds. The first-order valence-corrected chi connectivity index (χ1v) is 12.4. The molecule has 0 aliphatic carbocycles. The molecule has 9 heteroatoms. The number of anilines is 1. The van der Waals surface area contributed by atoms with Crippen LogP contribution in [0.3, 0.4) is 0 Å². The molecule has 2 aromatic rings. The molecule has 2 atom stereocenters. The summed E-state index contributed by atoms with van der Waals surface area (Å²) >= 11 is 0. The van der Waals surface area contributed by atoms with E-state index in [1.165, 1.54) is 11.0 Å². The SMILES string of the molecule is C=CCN(C(=O)C(CC(N)=O)NC(=O)OC(C)(C)C)C(C(=O)Nc1ccccc1C)c1ccc(C)c(C)c1. The fraction of sp³-hybridized carbons (Fsp3) is 0.379. The number of hydrogen-bond acceptors (Lipinski definition) is 5. The maximum absolute atomic E-state index is 13.9. The molecular weight excluding hydrogens is 484 g/mol. The molecule has 0 bridgehead atoms. The molecule has 4 N–H and O–H groups in total. The van der Waals surface area contributed by atoms with Crippen molar-refractivity contribution in [1.29, 1.82) is 0 Å². The topological polar surface area (TPSA) is 131 Å². The van der Waals surface area contributed by atoms with E-state index in [9.17, 15) is 19.2 Å². The number of para-hydroxylation sites is 1. The minimum Gasteiger partial charge on any atom is -0.444 e. The standard InChI is InChI=1S/C29H38N4O5/c1-8-15-33(27(36)23(17-24(30)34)32-28(37)38-29(5,6)7)25(21-14-13-18(2)20(4)16-21)26(35)31-22-12-10-9-11-19(22)3/h8-14,16,23,25H,1,15,17H2,2-7H3,(H2,30,34)(H,31,35)(H,32,37). The Labute approximate surface area is 224 Å². The van der Waals surface area contributed by atoms with E-state index in [0.29, 0.717) is 11.3 Å². The van der Waals surface area contributed by atoms with Crippen LogP contribution in [0, 0.1) is 20.8 Å². The monoisotopic (exact) mass is 522 g/mol. The van der Waals surface area contributed by atoms with Crippen molar-refractivity contribution in [3.63, 3.8) is 0 Å². The number of amides is 4. The number of benzene rings is 2. The van der Waals surface area contributed by atoms with Crippen LogP contribution in [-0.4, -0.2) is 46.9 Å². The molecule has 0 heterocycles. The summed E-state index contributed by atoms with van der Waals surface area (Å²) in [7, 11) is 0. The number of nitrogens with one attached hydrogen (secondary N) is 2. The lowest BCUT2D eigenvalue weighted by Gasteiger charge is -2.34. The third-order valence-corrected chi connectivity index (χ3v) is 5.81. The lowest BCUT2D eigenvalue weighted by Crippen LogP contribution is -2.53. The number of carbonyl (C=O) groups excluding carboxylic acids is 4. The highest BCUT2D eigenvalue weighted by Crippen LogP contribution is 2.27. The molecule has 2 unspecified atom stereocenters. The predicted molar refractivity (Wildman–Crippen MR) is 147 cm³/mol. The fourth-order valence-electron chi connectivity index (χ4n) is 3.83. The summed E-state index contributed by atoms with van der Waals surface area (Å²) in [6.07, 6.45) is 0.106. The van der Waals surface area contributed by atoms with Crippen molar-refractivity contribution in [3.05, 3.63) is 77.4 Å². The smallest absolute Gasteiger partial charge is 0.408 e. The highest BCUT2D eigenvalue weighted by atomic mass is 16.6. The highest BCUT2D eigenvalue weighted by Gasteiger charge is 2.36. The molecule has 38 heavy (non-hydrogen) atoms. The van der Waals surface area contributed by atoms with Crippen molar-refractivity contribution in [1.82, 2.24) is 10.2 Å². The molecule has 0 saturated carbocycles. The van der Waals surface area contributed by atoms with Gasteiger partial charge < -0.3 is 26.0 Å². The molecule has 0 fully saturated rings. The number of nitrogens with zero attached hydrogens (tertiary/aromatic N) is 1. The second-order valence-corrected chi connectivity index (χ2v) is 10.2. The minimum absolute atomic E-state index is 0.0388. The maximum atomic E-state index is 13.9. The Bertz CT molecular complexity index is 1200. The summed E-state index contributed by atoms with van der Waals surface area (Å²) in [6.45, 7) is 14.5. The van der Waals surface area contributed by atoms with Gasteiger partial charge >= 0.3 is 6.09 Å². The van der Waals surface area contributed by atoms with Gasteiger partial charge in [0.25, 0.3) is 5.91 Å². The van der Waals surface area contributed by atoms with E-state index in [2.05, 4.69) is 17.2 Å². The van der Waals surface area contributed by atoms with Crippen molar-refractivity contribution in [2.75, 3.05) is 11.9 Å². The van der Waals surface area contributed by atoms with Crippen LogP contribution < -0.4 is 16.4 Å². The first kappa shape index (κ1) is 30.1. The van der Waals surface area contributed by atoms with Crippen LogP contribution >= 0.6 is 0 Å². The Hall–Kier alpha value is -4.14. The summed E-state index contributed by atoms with van der Waals surface area (Å²) in [6, 6.07) is 10.3. The van der Waals surface area contributed by atoms with Crippen LogP contribution in [0.5, 0.6) is 0 Å². The van der Waals surface area contributed by atoms with Gasteiger partial charge in [0.05, 0.1) is 6.42 Å². The predicted octanol–water partition coefficient (Wildman–Crippen LogP) is 4.07. The number of hydrogen-bond donors (Lipinski definition) is 3. The van der Waals surface area contributed by atoms with Crippen LogP contribution in [0.25, 0.3) is 0 Å². The van der Waals surface area contributed by atoms with Gasteiger partial charge in [-0.25, -0.2) is 4.79 Å². The van der Waals surface area contributed by atoms with E-state index < -0.39 is 47.9 Å². The molecule has 2 rings (SSSR count). The Balaban J connectivity index is 2.56. The number of alkyl carbamates (subject to hydrolysis) is 1. The van der Waals surface area contributed by atoms with Gasteiger partial charge in [-0.2, -0.15) is 0 Å². The van der Waals surface area contributed by atoms with Gasteiger partial charge in [-0.1, -0.05) is 42.5 Å². The fourth-order valence-corrected chi connectivity index (χ4v) is 3.83. The van der Waals surface area contributed by atoms with Crippen molar-refractivity contribution in [2.24, 2.45) is 5.73 Å². The van der Waals surface area contributed by atoms with E-state index >= 15 is 0 Å². The molecule has 0 aromatic heterocycles. The summed E-state index contributed by atoms with van der Waals surface area (Å²) < 4.78 is 5.28. The summed E-state index contributed by atoms with van der Waals surface area (Å²) in [5, 5.41) is 5.37. The molecule has 0 aliphatic rings. The number of primary amides is 1. The Kier molecular flexibility index (Phi) is 10.2. The van der Waals surface area contributed by atoms with Crippen molar-refractivity contribution in [3.8, 4) is 0 Å². The second kappa shape index (κ2) is 12.9. The molecule has 9 nitrogen and oxygen atoms in total. The molecule has 0 spiro atoms. The molecule has 0 radical (unpaired) electrons. The molecular formula is C29H38N4O5. The van der Waals surface area contributed by atoms with E-state index in [1.807, 2.05) is 45.0 Å². The maximum Gasteiger partial charge on any atom is 0.408 e. The molecule has 0 aliphatic heterocycles. The molecule has 204 valence electrons. The first-order chi connectivity index (χ1) is 17.7. The Morgan fingerprint density at radius 2 is 1.68 bits per heavy atom. The van der Waals surface area contributed by atoms with Crippen LogP contribution in [0.4, 0.5) is 10.5 Å². The van der Waals surface area contributed by atoms with Crippen LogP contribution in [0.1, 0.15) is 55.5 Å². The van der Waals surface area contributed by atoms with E-state index in [4.69, 9.17) is 10.5 Å². The van der Waals surface area contributed by atoms with Gasteiger partial charge in [-0.3, -0.25) is 14.4 Å². The van der Waals surface area contributed by atoms with E-state index in [1.54, 1.807) is 39.0 Å². The number of carbonyl (C=O) groups is 4. The summed E-state index contributed by atoms with van der Waals surface area (Å²) in [5.74, 6) is -1.95. The third-order valence-electron chi connectivity index (χ3n) is 5.81. The van der Waals surface area contributed by atoms with Gasteiger partial charge in [0.2, 0.25) is 11.8 Å². The molecule has 0 saturated heterocycles. The number of ether oxygens (including phenoxy) is 1. The third kappa shape index (κ3) is 8.47. The normalized spacial score (nSPS) is 12.6. The summed E-state index contributed by atoms with van der Waals surface area (Å²) in [5.41, 5.74) is 8.53. The van der Waals surface area contributed by atoms with Gasteiger partial charge in [-0.15, -0.1) is 6.58 Å². The number of aryl methyl sites for hydroxylation is 3. The quantitative estimate of drug-likeness (QED) is 0.405. The lowest BCUT2D eigenvalue weighted by molar-refractivity contribution is -0.141. The largest absolute Gasteiger partial charge is 0.444 e. The lowest BCUT2D eigenvalue weighted by atomic mass is 9.98. The Morgan fingerprint density at radius 1 is 1.03 bits per heavy atom. The minimum atomic E-state index is -1.36. The van der Waals surface area contributed by atoms with Gasteiger partial charge in [0.1, 0.15) is 17.7 Å². The van der Waals surface area contributed by atoms with Crippen LogP contribution in [0.2, 0.25) is 0 Å². The second-order valence-electron chi connectivity index (χ2n) is 10.2.